The number of likely N-dealkylation sites (tertiary alicyclic amines) is 1. The van der Waals surface area contributed by atoms with Crippen molar-refractivity contribution in [1.82, 2.24) is 24.4 Å². The minimum Gasteiger partial charge on any atom is -0.472 e. The summed E-state index contributed by atoms with van der Waals surface area (Å²) in [5.74, 6) is -0.835. The number of amides is 1. The Bertz CT molecular complexity index is 1370. The van der Waals surface area contributed by atoms with Crippen molar-refractivity contribution in [3.63, 3.8) is 0 Å². The number of rotatable bonds is 5. The van der Waals surface area contributed by atoms with Crippen LogP contribution >= 0.6 is 0 Å². The van der Waals surface area contributed by atoms with Gasteiger partial charge in [0.1, 0.15) is 17.5 Å². The van der Waals surface area contributed by atoms with E-state index < -0.39 is 45.0 Å². The van der Waals surface area contributed by atoms with Gasteiger partial charge in [-0.25, -0.2) is 27.0 Å². The molecule has 10 nitrogen and oxygen atoms in total. The summed E-state index contributed by atoms with van der Waals surface area (Å²) in [5.41, 5.74) is -0.0322. The van der Waals surface area contributed by atoms with Crippen LogP contribution in [-0.4, -0.2) is 70.0 Å². The maximum atomic E-state index is 13.8. The number of carbonyl (C=O) groups is 1. The Morgan fingerprint density at radius 2 is 1.89 bits per heavy atom. The monoisotopic (exact) mass is 509 g/mol. The summed E-state index contributed by atoms with van der Waals surface area (Å²) in [4.78, 5) is 25.8. The van der Waals surface area contributed by atoms with E-state index in [-0.39, 0.29) is 18.2 Å². The fraction of sp³-hybridized carbons (Fsp3) is 0.455. The molecule has 0 unspecified atom stereocenters. The molecule has 4 rings (SSSR count). The van der Waals surface area contributed by atoms with E-state index in [4.69, 9.17) is 9.47 Å². The molecule has 35 heavy (non-hydrogen) atoms. The number of aromatic nitrogens is 4. The molecule has 1 aliphatic rings. The standard InChI is InChI=1S/C22H25F2N5O5S/c1-22(2,3)34-21(30)28-10-9-13(12-28)33-17-11-16(26-20(27-17)35(4,31)32)29-15-8-6-5-7-14(15)25-19(29)18(23)24/h5-8,11,13,18H,9-10,12H2,1-4H3/t13-/m0/s1. The van der Waals surface area contributed by atoms with Crippen molar-refractivity contribution in [2.24, 2.45) is 0 Å². The first-order chi connectivity index (χ1) is 16.3. The van der Waals surface area contributed by atoms with Gasteiger partial charge in [-0.15, -0.1) is 0 Å². The van der Waals surface area contributed by atoms with Crippen LogP contribution < -0.4 is 4.74 Å². The number of hydrogen-bond donors (Lipinski definition) is 0. The van der Waals surface area contributed by atoms with Crippen molar-refractivity contribution in [2.75, 3.05) is 19.3 Å². The number of nitrogens with zero attached hydrogens (tertiary/aromatic N) is 5. The van der Waals surface area contributed by atoms with Crippen LogP contribution in [0.4, 0.5) is 13.6 Å². The Morgan fingerprint density at radius 3 is 2.54 bits per heavy atom. The fourth-order valence-corrected chi connectivity index (χ4v) is 4.17. The maximum Gasteiger partial charge on any atom is 0.410 e. The molecule has 3 heterocycles. The first-order valence-electron chi connectivity index (χ1n) is 10.8. The van der Waals surface area contributed by atoms with Crippen molar-refractivity contribution in [3.05, 3.63) is 36.2 Å². The zero-order chi connectivity index (χ0) is 25.5. The Labute approximate surface area is 200 Å². The average molecular weight is 510 g/mol. The highest BCUT2D eigenvalue weighted by Crippen LogP contribution is 2.29. The molecule has 1 aliphatic heterocycles. The lowest BCUT2D eigenvalue weighted by Crippen LogP contribution is -2.36. The Hall–Kier alpha value is -3.35. The molecule has 0 saturated carbocycles. The van der Waals surface area contributed by atoms with Crippen molar-refractivity contribution in [2.45, 2.75) is 50.5 Å². The molecule has 2 aromatic heterocycles. The van der Waals surface area contributed by atoms with Gasteiger partial charge in [0.2, 0.25) is 15.7 Å². The average Bonchev–Trinajstić information content (AvgIpc) is 3.36. The quantitative estimate of drug-likeness (QED) is 0.480. The molecule has 1 saturated heterocycles. The smallest absolute Gasteiger partial charge is 0.410 e. The molecule has 0 aliphatic carbocycles. The van der Waals surface area contributed by atoms with Gasteiger partial charge in [-0.3, -0.25) is 4.57 Å². The van der Waals surface area contributed by atoms with Gasteiger partial charge in [0, 0.05) is 25.3 Å². The lowest BCUT2D eigenvalue weighted by molar-refractivity contribution is 0.0274. The number of ether oxygens (including phenoxy) is 2. The van der Waals surface area contributed by atoms with Crippen LogP contribution in [0.3, 0.4) is 0 Å². The fourth-order valence-electron chi connectivity index (χ4n) is 3.65. The van der Waals surface area contributed by atoms with Crippen molar-refractivity contribution in [3.8, 4) is 11.7 Å². The van der Waals surface area contributed by atoms with E-state index in [1.165, 1.54) is 11.0 Å². The Balaban J connectivity index is 1.69. The lowest BCUT2D eigenvalue weighted by Gasteiger charge is -2.24. The molecule has 1 amide bonds. The summed E-state index contributed by atoms with van der Waals surface area (Å²) < 4.78 is 64.6. The number of halogens is 2. The predicted octanol–water partition coefficient (Wildman–Crippen LogP) is 3.54. The number of imidazole rings is 1. The van der Waals surface area contributed by atoms with E-state index in [2.05, 4.69) is 15.0 Å². The van der Waals surface area contributed by atoms with E-state index in [0.29, 0.717) is 24.0 Å². The van der Waals surface area contributed by atoms with Gasteiger partial charge >= 0.3 is 6.09 Å². The molecule has 13 heteroatoms. The highest BCUT2D eigenvalue weighted by molar-refractivity contribution is 7.90. The third-order valence-electron chi connectivity index (χ3n) is 5.10. The number of hydrogen-bond acceptors (Lipinski definition) is 8. The van der Waals surface area contributed by atoms with E-state index in [1.54, 1.807) is 45.0 Å². The summed E-state index contributed by atoms with van der Waals surface area (Å²) in [6.45, 7) is 5.85. The van der Waals surface area contributed by atoms with Crippen LogP contribution in [0.25, 0.3) is 16.9 Å². The van der Waals surface area contributed by atoms with Crippen molar-refractivity contribution in [1.29, 1.82) is 0 Å². The first-order valence-corrected chi connectivity index (χ1v) is 12.7. The molecule has 1 fully saturated rings. The minimum absolute atomic E-state index is 0.121. The van der Waals surface area contributed by atoms with Gasteiger partial charge in [-0.05, 0) is 32.9 Å². The number of alkyl halides is 2. The molecular weight excluding hydrogens is 484 g/mol. The van der Waals surface area contributed by atoms with Gasteiger partial charge in [-0.2, -0.15) is 9.97 Å². The second-order valence-electron chi connectivity index (χ2n) is 9.17. The molecule has 1 aromatic carbocycles. The number of sulfone groups is 1. The Kier molecular flexibility index (Phi) is 6.38. The largest absolute Gasteiger partial charge is 0.472 e. The third-order valence-corrected chi connectivity index (χ3v) is 5.94. The zero-order valence-corrected chi connectivity index (χ0v) is 20.4. The molecular formula is C22H25F2N5O5S. The molecule has 188 valence electrons. The number of para-hydroxylation sites is 2. The molecule has 3 aromatic rings. The Morgan fingerprint density at radius 1 is 1.17 bits per heavy atom. The van der Waals surface area contributed by atoms with E-state index in [0.717, 1.165) is 10.8 Å². The van der Waals surface area contributed by atoms with Crippen LogP contribution in [0.15, 0.2) is 35.5 Å². The SMILES string of the molecule is CC(C)(C)OC(=O)N1CC[C@H](Oc2cc(-n3c(C(F)F)nc4ccccc43)nc(S(C)(=O)=O)n2)C1. The van der Waals surface area contributed by atoms with Crippen LogP contribution in [0.5, 0.6) is 5.88 Å². The molecule has 1 atom stereocenters. The van der Waals surface area contributed by atoms with Crippen molar-refractivity contribution < 1.29 is 31.5 Å². The van der Waals surface area contributed by atoms with Crippen LogP contribution in [-0.2, 0) is 14.6 Å². The highest BCUT2D eigenvalue weighted by Gasteiger charge is 2.32. The van der Waals surface area contributed by atoms with Gasteiger partial charge in [-0.1, -0.05) is 12.1 Å². The second kappa shape index (κ2) is 9.02. The van der Waals surface area contributed by atoms with Crippen LogP contribution in [0.2, 0.25) is 0 Å². The lowest BCUT2D eigenvalue weighted by atomic mass is 10.2. The minimum atomic E-state index is -3.91. The summed E-state index contributed by atoms with van der Waals surface area (Å²) in [7, 11) is -3.91. The first kappa shape index (κ1) is 24.8. The summed E-state index contributed by atoms with van der Waals surface area (Å²) in [5, 5.41) is -0.579. The van der Waals surface area contributed by atoms with Gasteiger partial charge in [0.25, 0.3) is 11.6 Å². The van der Waals surface area contributed by atoms with Gasteiger partial charge < -0.3 is 14.4 Å². The number of benzene rings is 1. The predicted molar refractivity (Wildman–Crippen MR) is 122 cm³/mol. The van der Waals surface area contributed by atoms with Crippen molar-refractivity contribution >= 4 is 27.0 Å². The molecule has 0 bridgehead atoms. The van der Waals surface area contributed by atoms with Gasteiger partial charge in [0.15, 0.2) is 5.82 Å². The van der Waals surface area contributed by atoms with E-state index in [9.17, 15) is 22.0 Å². The molecule has 0 N–H and O–H groups in total. The number of fused-ring (bicyclic) bond motifs is 1. The highest BCUT2D eigenvalue weighted by atomic mass is 32.2. The summed E-state index contributed by atoms with van der Waals surface area (Å²) in [6, 6.07) is 7.73. The maximum absolute atomic E-state index is 13.8. The van der Waals surface area contributed by atoms with Crippen LogP contribution in [0, 0.1) is 0 Å². The van der Waals surface area contributed by atoms with E-state index >= 15 is 0 Å². The van der Waals surface area contributed by atoms with Gasteiger partial charge in [0.05, 0.1) is 17.6 Å². The van der Waals surface area contributed by atoms with Crippen LogP contribution in [0.1, 0.15) is 39.4 Å². The zero-order valence-electron chi connectivity index (χ0n) is 19.6. The third kappa shape index (κ3) is 5.50. The number of carbonyl (C=O) groups excluding carboxylic acids is 1. The summed E-state index contributed by atoms with van der Waals surface area (Å²) >= 11 is 0. The second-order valence-corrected chi connectivity index (χ2v) is 11.1. The molecule has 0 radical (unpaired) electrons. The van der Waals surface area contributed by atoms with E-state index in [1.807, 2.05) is 0 Å². The topological polar surface area (TPSA) is 117 Å². The normalized spacial score (nSPS) is 16.8. The molecule has 0 spiro atoms. The summed E-state index contributed by atoms with van der Waals surface area (Å²) in [6.07, 6.45) is -2.58.